The third-order valence-electron chi connectivity index (χ3n) is 5.25. The van der Waals surface area contributed by atoms with Crippen LogP contribution in [0.25, 0.3) is 0 Å². The summed E-state index contributed by atoms with van der Waals surface area (Å²) in [5.41, 5.74) is 5.72. The summed E-state index contributed by atoms with van der Waals surface area (Å²) >= 11 is 0. The predicted molar refractivity (Wildman–Crippen MR) is 100 cm³/mol. The fourth-order valence-electron chi connectivity index (χ4n) is 3.50. The topological polar surface area (TPSA) is 104 Å². The highest BCUT2D eigenvalue weighted by molar-refractivity contribution is 6.07. The minimum absolute atomic E-state index is 0.339. The summed E-state index contributed by atoms with van der Waals surface area (Å²) in [7, 11) is 0. The minimum atomic E-state index is -1.25. The molecule has 1 fully saturated rings. The number of hydrogen-bond acceptors (Lipinski definition) is 4. The smallest absolute Gasteiger partial charge is 0.239 e. The Balaban J connectivity index is 2.08. The quantitative estimate of drug-likeness (QED) is 0.615. The number of benzene rings is 2. The predicted octanol–water partition coefficient (Wildman–Crippen LogP) is 1.55. The van der Waals surface area contributed by atoms with Gasteiger partial charge in [0.1, 0.15) is 5.41 Å². The van der Waals surface area contributed by atoms with Crippen LogP contribution in [0.4, 0.5) is 0 Å². The number of primary amides is 1. The van der Waals surface area contributed by atoms with E-state index in [0.29, 0.717) is 12.8 Å². The van der Waals surface area contributed by atoms with Crippen molar-refractivity contribution in [3.8, 4) is 0 Å². The number of carbonyl (C=O) groups excluding carboxylic acids is 2. The number of nitrogens with zero attached hydrogens (tertiary/aromatic N) is 1. The molecule has 6 heteroatoms. The van der Waals surface area contributed by atoms with Gasteiger partial charge in [-0.2, -0.15) is 0 Å². The van der Waals surface area contributed by atoms with Crippen LogP contribution in [0.3, 0.4) is 0 Å². The molecule has 0 aliphatic heterocycles. The van der Waals surface area contributed by atoms with E-state index in [1.165, 1.54) is 4.90 Å². The van der Waals surface area contributed by atoms with E-state index in [0.717, 1.165) is 11.1 Å². The van der Waals surface area contributed by atoms with E-state index in [9.17, 15) is 19.8 Å². The van der Waals surface area contributed by atoms with E-state index in [4.69, 9.17) is 5.73 Å². The molecule has 4 N–H and O–H groups in total. The van der Waals surface area contributed by atoms with E-state index in [2.05, 4.69) is 0 Å². The summed E-state index contributed by atoms with van der Waals surface area (Å²) in [5.74, 6) is -1.10. The van der Waals surface area contributed by atoms with Gasteiger partial charge in [-0.1, -0.05) is 60.7 Å². The largest absolute Gasteiger partial charge is 0.394 e. The standard InChI is InChI=1S/C21H24N2O4/c22-19(26)21(11-12-21)20(27)23(17(13-24)15-7-3-1-4-8-15)18(14-25)16-9-5-2-6-10-16/h1-10,17-18,24-25H,11-14H2,(H2,22,26). The summed E-state index contributed by atoms with van der Waals surface area (Å²) in [6.45, 7) is -0.679. The van der Waals surface area contributed by atoms with Gasteiger partial charge in [0.2, 0.25) is 11.8 Å². The molecule has 0 bridgehead atoms. The second-order valence-electron chi connectivity index (χ2n) is 6.88. The van der Waals surface area contributed by atoms with Crippen molar-refractivity contribution in [3.63, 3.8) is 0 Å². The molecule has 2 amide bonds. The fourth-order valence-corrected chi connectivity index (χ4v) is 3.50. The Bertz CT molecular complexity index is 743. The maximum absolute atomic E-state index is 13.4. The molecule has 142 valence electrons. The Morgan fingerprint density at radius 1 is 0.889 bits per heavy atom. The van der Waals surface area contributed by atoms with Crippen LogP contribution in [-0.2, 0) is 9.59 Å². The highest BCUT2D eigenvalue weighted by Gasteiger charge is 2.58. The number of hydrogen-bond donors (Lipinski definition) is 3. The Morgan fingerprint density at radius 3 is 1.59 bits per heavy atom. The van der Waals surface area contributed by atoms with Gasteiger partial charge in [0.15, 0.2) is 0 Å². The van der Waals surface area contributed by atoms with Crippen LogP contribution in [0.1, 0.15) is 36.1 Å². The Morgan fingerprint density at radius 2 is 1.30 bits per heavy atom. The molecule has 1 aliphatic carbocycles. The van der Waals surface area contributed by atoms with Crippen molar-refractivity contribution in [3.05, 3.63) is 71.8 Å². The molecule has 27 heavy (non-hydrogen) atoms. The van der Waals surface area contributed by atoms with E-state index >= 15 is 0 Å². The van der Waals surface area contributed by atoms with Crippen LogP contribution in [-0.4, -0.2) is 40.1 Å². The van der Waals surface area contributed by atoms with Crippen molar-refractivity contribution in [1.82, 2.24) is 4.90 Å². The van der Waals surface area contributed by atoms with Crippen molar-refractivity contribution < 1.29 is 19.8 Å². The zero-order valence-electron chi connectivity index (χ0n) is 15.0. The fraction of sp³-hybridized carbons (Fsp3) is 0.333. The molecule has 2 atom stereocenters. The Hall–Kier alpha value is -2.70. The molecular formula is C21H24N2O4. The first-order valence-electron chi connectivity index (χ1n) is 8.99. The number of amides is 2. The van der Waals surface area contributed by atoms with Gasteiger partial charge in [0.05, 0.1) is 25.3 Å². The summed E-state index contributed by atoms with van der Waals surface area (Å²) < 4.78 is 0. The Labute approximate surface area is 158 Å². The molecule has 0 heterocycles. The minimum Gasteiger partial charge on any atom is -0.394 e. The van der Waals surface area contributed by atoms with Gasteiger partial charge in [0.25, 0.3) is 0 Å². The van der Waals surface area contributed by atoms with Crippen molar-refractivity contribution in [2.24, 2.45) is 11.1 Å². The highest BCUT2D eigenvalue weighted by atomic mass is 16.3. The van der Waals surface area contributed by atoms with Gasteiger partial charge in [-0.05, 0) is 24.0 Å². The molecule has 2 aromatic rings. The SMILES string of the molecule is NC(=O)C1(C(=O)N(C(CO)c2ccccc2)C(CO)c2ccccc2)CC1. The zero-order valence-corrected chi connectivity index (χ0v) is 15.0. The molecule has 0 aromatic heterocycles. The van der Waals surface area contributed by atoms with Crippen LogP contribution in [0.5, 0.6) is 0 Å². The maximum Gasteiger partial charge on any atom is 0.239 e. The lowest BCUT2D eigenvalue weighted by Gasteiger charge is -2.39. The average molecular weight is 368 g/mol. The molecule has 6 nitrogen and oxygen atoms in total. The summed E-state index contributed by atoms with van der Waals surface area (Å²) in [4.78, 5) is 26.8. The Kier molecular flexibility index (Phi) is 5.58. The number of carbonyl (C=O) groups is 2. The third-order valence-corrected chi connectivity index (χ3v) is 5.25. The lowest BCUT2D eigenvalue weighted by Crippen LogP contribution is -2.48. The van der Waals surface area contributed by atoms with E-state index in [1.807, 2.05) is 60.7 Å². The molecule has 0 spiro atoms. The summed E-state index contributed by atoms with van der Waals surface area (Å²) in [6.07, 6.45) is 0.773. The molecule has 0 radical (unpaired) electrons. The van der Waals surface area contributed by atoms with Crippen molar-refractivity contribution >= 4 is 11.8 Å². The van der Waals surface area contributed by atoms with E-state index in [1.54, 1.807) is 0 Å². The molecule has 2 aromatic carbocycles. The van der Waals surface area contributed by atoms with E-state index in [-0.39, 0.29) is 13.2 Å². The second-order valence-corrected chi connectivity index (χ2v) is 6.88. The van der Waals surface area contributed by atoms with Crippen molar-refractivity contribution in [2.75, 3.05) is 13.2 Å². The van der Waals surface area contributed by atoms with Gasteiger partial charge in [-0.25, -0.2) is 0 Å². The van der Waals surface area contributed by atoms with Crippen molar-refractivity contribution in [2.45, 2.75) is 24.9 Å². The average Bonchev–Trinajstić information content (AvgIpc) is 3.51. The van der Waals surface area contributed by atoms with Crippen molar-refractivity contribution in [1.29, 1.82) is 0 Å². The second kappa shape index (κ2) is 7.90. The number of aliphatic hydroxyl groups is 2. The van der Waals surface area contributed by atoms with Crippen LogP contribution < -0.4 is 5.73 Å². The lowest BCUT2D eigenvalue weighted by atomic mass is 9.95. The molecule has 3 rings (SSSR count). The van der Waals surface area contributed by atoms with Crippen LogP contribution in [0.15, 0.2) is 60.7 Å². The first-order chi connectivity index (χ1) is 13.0. The molecule has 1 aliphatic rings. The molecule has 2 unspecified atom stereocenters. The molecular weight excluding hydrogens is 344 g/mol. The van der Waals surface area contributed by atoms with Gasteiger partial charge in [-0.15, -0.1) is 0 Å². The van der Waals surface area contributed by atoms with Gasteiger partial charge in [-0.3, -0.25) is 9.59 Å². The summed E-state index contributed by atoms with van der Waals surface area (Å²) in [5, 5.41) is 20.2. The van der Waals surface area contributed by atoms with Gasteiger partial charge in [0, 0.05) is 0 Å². The zero-order chi connectivity index (χ0) is 19.4. The van der Waals surface area contributed by atoms with E-state index < -0.39 is 29.3 Å². The number of rotatable bonds is 8. The van der Waals surface area contributed by atoms with Crippen LogP contribution in [0.2, 0.25) is 0 Å². The maximum atomic E-state index is 13.4. The highest BCUT2D eigenvalue weighted by Crippen LogP contribution is 2.49. The summed E-state index contributed by atoms with van der Waals surface area (Å²) in [6, 6.07) is 16.8. The van der Waals surface area contributed by atoms with Gasteiger partial charge >= 0.3 is 0 Å². The third kappa shape index (κ3) is 3.59. The van der Waals surface area contributed by atoms with Crippen LogP contribution >= 0.6 is 0 Å². The van der Waals surface area contributed by atoms with Gasteiger partial charge < -0.3 is 20.8 Å². The number of aliphatic hydroxyl groups excluding tert-OH is 2. The first kappa shape index (κ1) is 19.1. The van der Waals surface area contributed by atoms with Crippen LogP contribution in [0, 0.1) is 5.41 Å². The normalized spacial score (nSPS) is 17.0. The lowest BCUT2D eigenvalue weighted by molar-refractivity contribution is -0.149. The monoisotopic (exact) mass is 368 g/mol. The molecule has 0 saturated heterocycles. The first-order valence-corrected chi connectivity index (χ1v) is 8.99. The molecule has 1 saturated carbocycles. The number of nitrogens with two attached hydrogens (primary N) is 1.